The highest BCUT2D eigenvalue weighted by molar-refractivity contribution is 5.36. The van der Waals surface area contributed by atoms with Gasteiger partial charge in [0.1, 0.15) is 17.6 Å². The molecule has 74 valence electrons. The minimum absolute atomic E-state index is 0.0902. The number of para-hydroxylation sites is 1. The van der Waals surface area contributed by atoms with E-state index in [9.17, 15) is 5.11 Å². The van der Waals surface area contributed by atoms with E-state index in [1.807, 2.05) is 18.2 Å². The molecule has 0 amide bonds. The molecule has 3 atom stereocenters. The van der Waals surface area contributed by atoms with Crippen molar-refractivity contribution in [3.63, 3.8) is 0 Å². The third kappa shape index (κ3) is 0.987. The minimum Gasteiger partial charge on any atom is -0.508 e. The van der Waals surface area contributed by atoms with E-state index >= 15 is 0 Å². The van der Waals surface area contributed by atoms with Crippen molar-refractivity contribution >= 4 is 0 Å². The minimum atomic E-state index is 0.0902. The molecule has 4 nitrogen and oxygen atoms in total. The Bertz CT molecular complexity index is 381. The molecule has 0 spiro atoms. The number of rotatable bonds is 1. The average Bonchev–Trinajstić information content (AvgIpc) is 2.73. The normalized spacial score (nSPS) is 39.5. The Labute approximate surface area is 82.5 Å². The van der Waals surface area contributed by atoms with Crippen molar-refractivity contribution in [2.24, 2.45) is 0 Å². The molecule has 2 saturated heterocycles. The van der Waals surface area contributed by atoms with E-state index in [2.05, 4.69) is 22.7 Å². The van der Waals surface area contributed by atoms with E-state index in [0.29, 0.717) is 5.75 Å². The number of nitrogens with one attached hydrogen (secondary N) is 2. The number of benzene rings is 1. The predicted molar refractivity (Wildman–Crippen MR) is 52.2 cm³/mol. The predicted octanol–water partition coefficient (Wildman–Crippen LogP) is 0.530. The number of hydrazine groups is 1. The van der Waals surface area contributed by atoms with Crippen LogP contribution in [0.5, 0.6) is 5.75 Å². The van der Waals surface area contributed by atoms with Crippen LogP contribution in [0.25, 0.3) is 0 Å². The molecule has 0 aliphatic carbocycles. The lowest BCUT2D eigenvalue weighted by atomic mass is 10.1. The third-order valence-corrected chi connectivity index (χ3v) is 2.97. The fourth-order valence-corrected chi connectivity index (χ4v) is 2.06. The standard InChI is InChI=1S/C10H13N3O/c1-10-6-11-9(13(10)12-10)7-4-2-3-5-8(7)14/h2-5,9,11-12,14H,6H2,1H3. The summed E-state index contributed by atoms with van der Waals surface area (Å²) in [5.74, 6) is 0.350. The number of nitrogens with zero attached hydrogens (tertiary/aromatic N) is 1. The van der Waals surface area contributed by atoms with Crippen molar-refractivity contribution in [3.05, 3.63) is 29.8 Å². The first-order chi connectivity index (χ1) is 6.71. The Kier molecular flexibility index (Phi) is 1.45. The van der Waals surface area contributed by atoms with E-state index < -0.39 is 0 Å². The van der Waals surface area contributed by atoms with Gasteiger partial charge in [-0.3, -0.25) is 5.32 Å². The molecule has 1 aromatic rings. The van der Waals surface area contributed by atoms with E-state index in [-0.39, 0.29) is 11.8 Å². The van der Waals surface area contributed by atoms with Crippen LogP contribution in [0.4, 0.5) is 0 Å². The van der Waals surface area contributed by atoms with Crippen LogP contribution in [0.1, 0.15) is 18.7 Å². The van der Waals surface area contributed by atoms with Gasteiger partial charge in [-0.2, -0.15) is 5.01 Å². The molecular formula is C10H13N3O. The molecule has 1 aromatic carbocycles. The van der Waals surface area contributed by atoms with Gasteiger partial charge in [0.05, 0.1) is 0 Å². The molecule has 4 heteroatoms. The molecule has 3 N–H and O–H groups in total. The van der Waals surface area contributed by atoms with Gasteiger partial charge in [-0.25, -0.2) is 5.43 Å². The summed E-state index contributed by atoms with van der Waals surface area (Å²) >= 11 is 0. The van der Waals surface area contributed by atoms with Gasteiger partial charge in [0, 0.05) is 12.1 Å². The molecule has 2 fully saturated rings. The van der Waals surface area contributed by atoms with Gasteiger partial charge < -0.3 is 5.11 Å². The Balaban J connectivity index is 1.94. The molecule has 2 aliphatic heterocycles. The van der Waals surface area contributed by atoms with Crippen molar-refractivity contribution in [2.75, 3.05) is 6.54 Å². The summed E-state index contributed by atoms with van der Waals surface area (Å²) < 4.78 is 0. The third-order valence-electron chi connectivity index (χ3n) is 2.97. The van der Waals surface area contributed by atoms with Crippen LogP contribution in [0.2, 0.25) is 0 Å². The van der Waals surface area contributed by atoms with Crippen molar-refractivity contribution in [2.45, 2.75) is 18.8 Å². The molecule has 2 heterocycles. The number of hydrogen-bond acceptors (Lipinski definition) is 4. The second-order valence-corrected chi connectivity index (χ2v) is 4.10. The quantitative estimate of drug-likeness (QED) is 0.567. The molecule has 0 saturated carbocycles. The summed E-state index contributed by atoms with van der Waals surface area (Å²) in [6, 6.07) is 7.44. The Morgan fingerprint density at radius 2 is 2.29 bits per heavy atom. The van der Waals surface area contributed by atoms with Gasteiger partial charge in [-0.1, -0.05) is 18.2 Å². The van der Waals surface area contributed by atoms with Gasteiger partial charge in [0.25, 0.3) is 0 Å². The highest BCUT2D eigenvalue weighted by Crippen LogP contribution is 2.41. The van der Waals surface area contributed by atoms with E-state index in [4.69, 9.17) is 0 Å². The first kappa shape index (κ1) is 8.23. The molecule has 0 bridgehead atoms. The topological polar surface area (TPSA) is 57.2 Å². The average molecular weight is 191 g/mol. The zero-order valence-corrected chi connectivity index (χ0v) is 7.99. The second kappa shape index (κ2) is 2.48. The first-order valence-corrected chi connectivity index (χ1v) is 4.79. The Morgan fingerprint density at radius 3 is 2.86 bits per heavy atom. The fraction of sp³-hybridized carbons (Fsp3) is 0.400. The molecule has 3 rings (SSSR count). The van der Waals surface area contributed by atoms with Gasteiger partial charge in [-0.05, 0) is 13.0 Å². The van der Waals surface area contributed by atoms with Crippen molar-refractivity contribution in [1.82, 2.24) is 15.8 Å². The maximum absolute atomic E-state index is 9.70. The van der Waals surface area contributed by atoms with Crippen molar-refractivity contribution < 1.29 is 5.11 Å². The van der Waals surface area contributed by atoms with Gasteiger partial charge >= 0.3 is 0 Å². The monoisotopic (exact) mass is 191 g/mol. The number of phenols is 1. The van der Waals surface area contributed by atoms with E-state index in [0.717, 1.165) is 12.1 Å². The van der Waals surface area contributed by atoms with Crippen LogP contribution in [0, 0.1) is 0 Å². The molecular weight excluding hydrogens is 178 g/mol. The largest absolute Gasteiger partial charge is 0.508 e. The lowest BCUT2D eigenvalue weighted by Crippen LogP contribution is -2.27. The summed E-state index contributed by atoms with van der Waals surface area (Å²) in [5, 5.41) is 15.2. The van der Waals surface area contributed by atoms with Crippen molar-refractivity contribution in [1.29, 1.82) is 0 Å². The zero-order chi connectivity index (χ0) is 9.76. The highest BCUT2D eigenvalue weighted by atomic mass is 16.3. The van der Waals surface area contributed by atoms with Crippen LogP contribution in [0.3, 0.4) is 0 Å². The molecule has 2 aliphatic rings. The number of phenolic OH excluding ortho intramolecular Hbond substituents is 1. The molecule has 0 radical (unpaired) electrons. The van der Waals surface area contributed by atoms with Crippen LogP contribution in [-0.4, -0.2) is 22.3 Å². The smallest absolute Gasteiger partial charge is 0.121 e. The Hall–Kier alpha value is -1.10. The summed E-state index contributed by atoms with van der Waals surface area (Å²) in [7, 11) is 0. The van der Waals surface area contributed by atoms with Crippen LogP contribution in [-0.2, 0) is 0 Å². The SMILES string of the molecule is CC12CNC(c3ccccc3O)N1N2. The number of hydrogen-bond donors (Lipinski definition) is 3. The summed E-state index contributed by atoms with van der Waals surface area (Å²) in [4.78, 5) is 0. The lowest BCUT2D eigenvalue weighted by Gasteiger charge is -2.14. The molecule has 3 unspecified atom stereocenters. The summed E-state index contributed by atoms with van der Waals surface area (Å²) in [6.45, 7) is 3.05. The Morgan fingerprint density at radius 1 is 1.50 bits per heavy atom. The maximum atomic E-state index is 9.70. The maximum Gasteiger partial charge on any atom is 0.121 e. The molecule has 14 heavy (non-hydrogen) atoms. The summed E-state index contributed by atoms with van der Waals surface area (Å²) in [6.07, 6.45) is 0.0983. The zero-order valence-electron chi connectivity index (χ0n) is 7.99. The number of fused-ring (bicyclic) bond motifs is 1. The van der Waals surface area contributed by atoms with Gasteiger partial charge in [-0.15, -0.1) is 0 Å². The molecule has 0 aromatic heterocycles. The number of aromatic hydroxyl groups is 1. The van der Waals surface area contributed by atoms with E-state index in [1.165, 1.54) is 0 Å². The van der Waals surface area contributed by atoms with Crippen LogP contribution >= 0.6 is 0 Å². The lowest BCUT2D eigenvalue weighted by molar-refractivity contribution is 0.344. The van der Waals surface area contributed by atoms with Crippen LogP contribution in [0.15, 0.2) is 24.3 Å². The van der Waals surface area contributed by atoms with E-state index in [1.54, 1.807) is 6.07 Å². The van der Waals surface area contributed by atoms with Crippen LogP contribution < -0.4 is 10.7 Å². The van der Waals surface area contributed by atoms with Gasteiger partial charge in [0.2, 0.25) is 0 Å². The summed E-state index contributed by atoms with van der Waals surface area (Å²) in [5.41, 5.74) is 4.30. The van der Waals surface area contributed by atoms with Crippen molar-refractivity contribution in [3.8, 4) is 5.75 Å². The first-order valence-electron chi connectivity index (χ1n) is 4.79. The fourth-order valence-electron chi connectivity index (χ4n) is 2.06. The van der Waals surface area contributed by atoms with Gasteiger partial charge in [0.15, 0.2) is 0 Å². The second-order valence-electron chi connectivity index (χ2n) is 4.10. The highest BCUT2D eigenvalue weighted by Gasteiger charge is 2.57.